The van der Waals surface area contributed by atoms with Crippen LogP contribution in [-0.2, 0) is 0 Å². The third-order valence-electron chi connectivity index (χ3n) is 3.27. The van der Waals surface area contributed by atoms with Crippen LogP contribution in [0.1, 0.15) is 30.5 Å². The van der Waals surface area contributed by atoms with Gasteiger partial charge in [-0.15, -0.1) is 11.3 Å². The Bertz CT molecular complexity index is 563. The molecule has 1 aromatic heterocycles. The minimum absolute atomic E-state index is 0.0543. The average molecular weight is 370 g/mol. The molecule has 0 aliphatic heterocycles. The van der Waals surface area contributed by atoms with Gasteiger partial charge in [0, 0.05) is 0 Å². The van der Waals surface area contributed by atoms with Crippen LogP contribution >= 0.6 is 27.3 Å². The van der Waals surface area contributed by atoms with Gasteiger partial charge in [-0.05, 0) is 58.0 Å². The van der Waals surface area contributed by atoms with Gasteiger partial charge in [0.15, 0.2) is 0 Å². The molecule has 1 heterocycles. The zero-order chi connectivity index (χ0) is 15.2. The Balaban J connectivity index is 2.50. The molecule has 0 radical (unpaired) electrons. The van der Waals surface area contributed by atoms with E-state index in [2.05, 4.69) is 39.6 Å². The summed E-state index contributed by atoms with van der Waals surface area (Å²) in [7, 11) is 3.39. The minimum atomic E-state index is 0.0543. The normalized spacial score (nSPS) is 12.2. The highest BCUT2D eigenvalue weighted by atomic mass is 79.9. The number of nitrogens with one attached hydrogen (secondary N) is 1. The summed E-state index contributed by atoms with van der Waals surface area (Å²) in [5, 5.41) is 5.75. The molecule has 5 heteroatoms. The first kappa shape index (κ1) is 16.3. The Morgan fingerprint density at radius 3 is 2.38 bits per heavy atom. The smallest absolute Gasteiger partial charge is 0.127 e. The van der Waals surface area contributed by atoms with E-state index in [-0.39, 0.29) is 6.04 Å². The van der Waals surface area contributed by atoms with Gasteiger partial charge in [0.05, 0.1) is 29.6 Å². The summed E-state index contributed by atoms with van der Waals surface area (Å²) in [6.45, 7) is 3.09. The minimum Gasteiger partial charge on any atom is -0.496 e. The lowest BCUT2D eigenvalue weighted by molar-refractivity contribution is 0.376. The molecular weight excluding hydrogens is 350 g/mol. The van der Waals surface area contributed by atoms with Crippen LogP contribution in [0.15, 0.2) is 33.4 Å². The Hall–Kier alpha value is -1.04. The number of rotatable bonds is 7. The highest BCUT2D eigenvalue weighted by Crippen LogP contribution is 2.39. The molecule has 0 saturated heterocycles. The maximum absolute atomic E-state index is 5.55. The van der Waals surface area contributed by atoms with E-state index in [4.69, 9.17) is 9.47 Å². The molecular formula is C16H20BrNO2S. The molecule has 0 aliphatic rings. The maximum atomic E-state index is 5.55. The van der Waals surface area contributed by atoms with Crippen molar-refractivity contribution >= 4 is 27.3 Å². The molecule has 1 N–H and O–H groups in total. The van der Waals surface area contributed by atoms with E-state index in [1.165, 1.54) is 5.56 Å². The summed E-state index contributed by atoms with van der Waals surface area (Å²) >= 11 is 5.22. The van der Waals surface area contributed by atoms with Crippen LogP contribution in [-0.4, -0.2) is 20.8 Å². The molecule has 0 aliphatic carbocycles. The molecule has 2 rings (SSSR count). The first-order valence-corrected chi connectivity index (χ1v) is 8.56. The molecule has 0 spiro atoms. The number of hydrogen-bond donors (Lipinski definition) is 1. The van der Waals surface area contributed by atoms with Gasteiger partial charge in [-0.1, -0.05) is 13.0 Å². The molecule has 0 fully saturated rings. The lowest BCUT2D eigenvalue weighted by atomic mass is 9.99. The summed E-state index contributed by atoms with van der Waals surface area (Å²) < 4.78 is 12.2. The number of halogens is 1. The number of benzene rings is 1. The number of methoxy groups -OCH3 is 2. The topological polar surface area (TPSA) is 30.5 Å². The number of ether oxygens (including phenoxy) is 2. The fourth-order valence-corrected chi connectivity index (χ4v) is 3.52. The zero-order valence-electron chi connectivity index (χ0n) is 12.5. The fraction of sp³-hybridized carbons (Fsp3) is 0.375. The molecule has 1 aromatic carbocycles. The quantitative estimate of drug-likeness (QED) is 0.772. The van der Waals surface area contributed by atoms with E-state index in [0.29, 0.717) is 0 Å². The van der Waals surface area contributed by atoms with Crippen LogP contribution in [0.5, 0.6) is 11.5 Å². The molecule has 2 aromatic rings. The van der Waals surface area contributed by atoms with Crippen LogP contribution in [0, 0.1) is 0 Å². The Morgan fingerprint density at radius 2 is 1.90 bits per heavy atom. The molecule has 1 unspecified atom stereocenters. The molecule has 3 nitrogen and oxygen atoms in total. The van der Waals surface area contributed by atoms with Gasteiger partial charge in [-0.2, -0.15) is 0 Å². The van der Waals surface area contributed by atoms with E-state index in [9.17, 15) is 0 Å². The molecule has 0 amide bonds. The Morgan fingerprint density at radius 1 is 1.24 bits per heavy atom. The molecule has 114 valence electrons. The van der Waals surface area contributed by atoms with Crippen LogP contribution in [0.4, 0.5) is 0 Å². The predicted octanol–water partition coefficient (Wildman–Crippen LogP) is 4.62. The lowest BCUT2D eigenvalue weighted by Crippen LogP contribution is -2.23. The predicted molar refractivity (Wildman–Crippen MR) is 91.7 cm³/mol. The molecule has 1 atom stereocenters. The SMILES string of the molecule is CCCNC(c1csc(Br)c1)c1c(OC)cccc1OC. The number of thiophene rings is 1. The molecule has 0 saturated carbocycles. The van der Waals surface area contributed by atoms with Crippen molar-refractivity contribution in [3.8, 4) is 11.5 Å². The van der Waals surface area contributed by atoms with Crippen LogP contribution in [0.3, 0.4) is 0 Å². The van der Waals surface area contributed by atoms with Gasteiger partial charge in [0.25, 0.3) is 0 Å². The van der Waals surface area contributed by atoms with Crippen LogP contribution in [0.25, 0.3) is 0 Å². The lowest BCUT2D eigenvalue weighted by Gasteiger charge is -2.23. The highest BCUT2D eigenvalue weighted by molar-refractivity contribution is 9.11. The maximum Gasteiger partial charge on any atom is 0.127 e. The second-order valence-electron chi connectivity index (χ2n) is 4.65. The summed E-state index contributed by atoms with van der Waals surface area (Å²) in [5.41, 5.74) is 2.25. The second kappa shape index (κ2) is 7.82. The standard InChI is InChI=1S/C16H20BrNO2S/c1-4-8-18-16(11-9-14(17)21-10-11)15-12(19-2)6-5-7-13(15)20-3/h5-7,9-10,16,18H,4,8H2,1-3H3. The summed E-state index contributed by atoms with van der Waals surface area (Å²) in [4.78, 5) is 0. The fourth-order valence-electron chi connectivity index (χ4n) is 2.31. The largest absolute Gasteiger partial charge is 0.496 e. The van der Waals surface area contributed by atoms with E-state index in [1.807, 2.05) is 18.2 Å². The van der Waals surface area contributed by atoms with Gasteiger partial charge in [0.2, 0.25) is 0 Å². The van der Waals surface area contributed by atoms with Crippen molar-refractivity contribution in [3.63, 3.8) is 0 Å². The van der Waals surface area contributed by atoms with Crippen molar-refractivity contribution in [1.82, 2.24) is 5.32 Å². The zero-order valence-corrected chi connectivity index (χ0v) is 14.9. The van der Waals surface area contributed by atoms with Crippen molar-refractivity contribution in [2.45, 2.75) is 19.4 Å². The first-order valence-electron chi connectivity index (χ1n) is 6.89. The second-order valence-corrected chi connectivity index (χ2v) is 6.94. The van der Waals surface area contributed by atoms with E-state index in [1.54, 1.807) is 25.6 Å². The Labute approximate surface area is 138 Å². The van der Waals surface area contributed by atoms with Crippen molar-refractivity contribution in [1.29, 1.82) is 0 Å². The van der Waals surface area contributed by atoms with E-state index < -0.39 is 0 Å². The summed E-state index contributed by atoms with van der Waals surface area (Å²) in [6, 6.07) is 8.09. The van der Waals surface area contributed by atoms with Gasteiger partial charge in [0.1, 0.15) is 11.5 Å². The molecule has 0 bridgehead atoms. The summed E-state index contributed by atoms with van der Waals surface area (Å²) in [6.07, 6.45) is 1.07. The van der Waals surface area contributed by atoms with Crippen LogP contribution < -0.4 is 14.8 Å². The highest BCUT2D eigenvalue weighted by Gasteiger charge is 2.23. The van der Waals surface area contributed by atoms with Gasteiger partial charge in [-0.3, -0.25) is 0 Å². The monoisotopic (exact) mass is 369 g/mol. The van der Waals surface area contributed by atoms with Crippen LogP contribution in [0.2, 0.25) is 0 Å². The van der Waals surface area contributed by atoms with E-state index >= 15 is 0 Å². The Kier molecular flexibility index (Phi) is 6.08. The third kappa shape index (κ3) is 3.78. The van der Waals surface area contributed by atoms with Crippen molar-refractivity contribution in [2.75, 3.05) is 20.8 Å². The first-order chi connectivity index (χ1) is 10.2. The third-order valence-corrected chi connectivity index (χ3v) is 4.80. The number of hydrogen-bond acceptors (Lipinski definition) is 4. The van der Waals surface area contributed by atoms with Gasteiger partial charge >= 0.3 is 0 Å². The van der Waals surface area contributed by atoms with E-state index in [0.717, 1.165) is 33.8 Å². The van der Waals surface area contributed by atoms with Gasteiger partial charge in [-0.25, -0.2) is 0 Å². The molecule has 21 heavy (non-hydrogen) atoms. The average Bonchev–Trinajstić information content (AvgIpc) is 2.94. The van der Waals surface area contributed by atoms with Crippen molar-refractivity contribution in [2.24, 2.45) is 0 Å². The van der Waals surface area contributed by atoms with Crippen molar-refractivity contribution in [3.05, 3.63) is 44.6 Å². The van der Waals surface area contributed by atoms with Gasteiger partial charge < -0.3 is 14.8 Å². The summed E-state index contributed by atoms with van der Waals surface area (Å²) in [5.74, 6) is 1.68. The van der Waals surface area contributed by atoms with Crippen molar-refractivity contribution < 1.29 is 9.47 Å².